The Labute approximate surface area is 78.0 Å². The molecule has 1 aromatic rings. The van der Waals surface area contributed by atoms with Crippen LogP contribution in [0.2, 0.25) is 0 Å². The predicted octanol–water partition coefficient (Wildman–Crippen LogP) is 1.45. The summed E-state index contributed by atoms with van der Waals surface area (Å²) in [5.74, 6) is 0. The van der Waals surface area contributed by atoms with E-state index in [0.29, 0.717) is 6.04 Å². The molecule has 0 spiro atoms. The van der Waals surface area contributed by atoms with Gasteiger partial charge in [0, 0.05) is 24.0 Å². The topological polar surface area (TPSA) is 24.1 Å². The summed E-state index contributed by atoms with van der Waals surface area (Å²) in [6, 6.07) is 4.78. The predicted molar refractivity (Wildman–Crippen MR) is 54.5 cm³/mol. The van der Waals surface area contributed by atoms with Crippen LogP contribution in [0.4, 0.5) is 0 Å². The Morgan fingerprint density at radius 2 is 2.42 bits per heavy atom. The molecule has 0 aliphatic carbocycles. The molecule has 0 aliphatic heterocycles. The molecule has 0 saturated heterocycles. The summed E-state index contributed by atoms with van der Waals surface area (Å²) in [5, 5.41) is 8.68. The lowest BCUT2D eigenvalue weighted by molar-refractivity contribution is 0.526. The largest absolute Gasteiger partial charge is 0.318 e. The fourth-order valence-corrected chi connectivity index (χ4v) is 1.72. The average Bonchev–Trinajstić information content (AvgIpc) is 2.53. The van der Waals surface area contributed by atoms with E-state index in [4.69, 9.17) is 0 Å². The summed E-state index contributed by atoms with van der Waals surface area (Å²) in [5.41, 5.74) is 0. The van der Waals surface area contributed by atoms with Crippen LogP contribution in [-0.2, 0) is 6.54 Å². The van der Waals surface area contributed by atoms with Crippen LogP contribution in [0.3, 0.4) is 0 Å². The van der Waals surface area contributed by atoms with Gasteiger partial charge >= 0.3 is 0 Å². The van der Waals surface area contributed by atoms with Crippen molar-refractivity contribution in [3.8, 4) is 0 Å². The molecule has 1 unspecified atom stereocenters. The number of likely N-dealkylation sites (N-methyl/N-ethyl adjacent to an activating group) is 1. The average molecular weight is 184 g/mol. The van der Waals surface area contributed by atoms with Crippen molar-refractivity contribution in [1.82, 2.24) is 10.6 Å². The van der Waals surface area contributed by atoms with Gasteiger partial charge in [-0.1, -0.05) is 6.07 Å². The van der Waals surface area contributed by atoms with Crippen LogP contribution in [-0.4, -0.2) is 19.6 Å². The minimum Gasteiger partial charge on any atom is -0.318 e. The summed E-state index contributed by atoms with van der Waals surface area (Å²) >= 11 is 1.80. The molecule has 68 valence electrons. The lowest BCUT2D eigenvalue weighted by Crippen LogP contribution is -2.34. The molecule has 0 fully saturated rings. The van der Waals surface area contributed by atoms with Crippen molar-refractivity contribution in [3.05, 3.63) is 22.4 Å². The van der Waals surface area contributed by atoms with E-state index in [1.807, 2.05) is 7.05 Å². The minimum absolute atomic E-state index is 0.539. The van der Waals surface area contributed by atoms with E-state index in [1.165, 1.54) is 4.88 Å². The first-order valence-corrected chi connectivity index (χ1v) is 5.11. The number of thiophene rings is 1. The Balaban J connectivity index is 2.17. The fraction of sp³-hybridized carbons (Fsp3) is 0.556. The van der Waals surface area contributed by atoms with Crippen LogP contribution in [0.5, 0.6) is 0 Å². The molecule has 0 aromatic carbocycles. The van der Waals surface area contributed by atoms with E-state index in [0.717, 1.165) is 13.1 Å². The number of hydrogen-bond donors (Lipinski definition) is 2. The molecule has 1 atom stereocenters. The van der Waals surface area contributed by atoms with Gasteiger partial charge in [-0.3, -0.25) is 0 Å². The molecular formula is C9H16N2S. The fourth-order valence-electron chi connectivity index (χ4n) is 1.07. The SMILES string of the molecule is CNCC(C)NCc1cccs1. The van der Waals surface area contributed by atoms with E-state index >= 15 is 0 Å². The number of nitrogens with one attached hydrogen (secondary N) is 2. The van der Waals surface area contributed by atoms with Gasteiger partial charge in [0.1, 0.15) is 0 Å². The molecule has 1 heterocycles. The van der Waals surface area contributed by atoms with Crippen molar-refractivity contribution < 1.29 is 0 Å². The highest BCUT2D eigenvalue weighted by molar-refractivity contribution is 7.09. The van der Waals surface area contributed by atoms with Gasteiger partial charge in [0.05, 0.1) is 0 Å². The molecule has 0 radical (unpaired) electrons. The monoisotopic (exact) mass is 184 g/mol. The highest BCUT2D eigenvalue weighted by Gasteiger charge is 1.99. The van der Waals surface area contributed by atoms with Crippen molar-refractivity contribution in [3.63, 3.8) is 0 Å². The third-order valence-electron chi connectivity index (χ3n) is 1.72. The van der Waals surface area contributed by atoms with Crippen LogP contribution >= 0.6 is 11.3 Å². The van der Waals surface area contributed by atoms with Crippen LogP contribution in [0.15, 0.2) is 17.5 Å². The zero-order valence-electron chi connectivity index (χ0n) is 7.63. The van der Waals surface area contributed by atoms with E-state index in [1.54, 1.807) is 11.3 Å². The maximum absolute atomic E-state index is 3.43. The van der Waals surface area contributed by atoms with Crippen LogP contribution < -0.4 is 10.6 Å². The van der Waals surface area contributed by atoms with Crippen LogP contribution in [0, 0.1) is 0 Å². The van der Waals surface area contributed by atoms with Gasteiger partial charge in [-0.05, 0) is 25.4 Å². The Morgan fingerprint density at radius 3 is 3.00 bits per heavy atom. The Hall–Kier alpha value is -0.380. The highest BCUT2D eigenvalue weighted by Crippen LogP contribution is 2.07. The van der Waals surface area contributed by atoms with Crippen LogP contribution in [0.25, 0.3) is 0 Å². The van der Waals surface area contributed by atoms with E-state index in [2.05, 4.69) is 35.1 Å². The van der Waals surface area contributed by atoms with Crippen LogP contribution in [0.1, 0.15) is 11.8 Å². The van der Waals surface area contributed by atoms with Crippen molar-refractivity contribution in [2.75, 3.05) is 13.6 Å². The molecule has 1 rings (SSSR count). The molecule has 0 aliphatic rings. The molecule has 0 saturated carbocycles. The third-order valence-corrected chi connectivity index (χ3v) is 2.59. The summed E-state index contributed by atoms with van der Waals surface area (Å²) in [6.45, 7) is 4.19. The van der Waals surface area contributed by atoms with Gasteiger partial charge in [0.2, 0.25) is 0 Å². The maximum Gasteiger partial charge on any atom is 0.0302 e. The van der Waals surface area contributed by atoms with E-state index in [9.17, 15) is 0 Å². The molecular weight excluding hydrogens is 168 g/mol. The normalized spacial score (nSPS) is 13.2. The number of hydrogen-bond acceptors (Lipinski definition) is 3. The second-order valence-corrected chi connectivity index (χ2v) is 3.95. The molecule has 0 amide bonds. The maximum atomic E-state index is 3.43. The third kappa shape index (κ3) is 3.34. The minimum atomic E-state index is 0.539. The first-order chi connectivity index (χ1) is 5.83. The summed E-state index contributed by atoms with van der Waals surface area (Å²) in [6.07, 6.45) is 0. The molecule has 1 aromatic heterocycles. The molecule has 0 bridgehead atoms. The molecule has 12 heavy (non-hydrogen) atoms. The van der Waals surface area contributed by atoms with Crippen molar-refractivity contribution in [1.29, 1.82) is 0 Å². The second kappa shape index (κ2) is 5.30. The molecule has 2 nitrogen and oxygen atoms in total. The van der Waals surface area contributed by atoms with Gasteiger partial charge in [-0.2, -0.15) is 0 Å². The second-order valence-electron chi connectivity index (χ2n) is 2.92. The Morgan fingerprint density at radius 1 is 1.58 bits per heavy atom. The molecule has 2 N–H and O–H groups in total. The van der Waals surface area contributed by atoms with Crippen molar-refractivity contribution in [2.24, 2.45) is 0 Å². The lowest BCUT2D eigenvalue weighted by Gasteiger charge is -2.11. The zero-order valence-corrected chi connectivity index (χ0v) is 8.45. The van der Waals surface area contributed by atoms with E-state index < -0.39 is 0 Å². The van der Waals surface area contributed by atoms with Gasteiger partial charge < -0.3 is 10.6 Å². The standard InChI is InChI=1S/C9H16N2S/c1-8(6-10-2)11-7-9-4-3-5-12-9/h3-5,8,10-11H,6-7H2,1-2H3. The van der Waals surface area contributed by atoms with Crippen molar-refractivity contribution in [2.45, 2.75) is 19.5 Å². The Kier molecular flexibility index (Phi) is 4.29. The zero-order chi connectivity index (χ0) is 8.81. The quantitative estimate of drug-likeness (QED) is 0.723. The summed E-state index contributed by atoms with van der Waals surface area (Å²) in [7, 11) is 1.98. The molecule has 3 heteroatoms. The van der Waals surface area contributed by atoms with Gasteiger partial charge in [0.25, 0.3) is 0 Å². The first-order valence-electron chi connectivity index (χ1n) is 4.23. The summed E-state index contributed by atoms with van der Waals surface area (Å²) < 4.78 is 0. The van der Waals surface area contributed by atoms with Gasteiger partial charge in [-0.25, -0.2) is 0 Å². The highest BCUT2D eigenvalue weighted by atomic mass is 32.1. The van der Waals surface area contributed by atoms with Gasteiger partial charge in [-0.15, -0.1) is 11.3 Å². The van der Waals surface area contributed by atoms with E-state index in [-0.39, 0.29) is 0 Å². The Bertz CT molecular complexity index is 196. The summed E-state index contributed by atoms with van der Waals surface area (Å²) in [4.78, 5) is 1.40. The smallest absolute Gasteiger partial charge is 0.0302 e. The van der Waals surface area contributed by atoms with Crippen molar-refractivity contribution >= 4 is 11.3 Å². The first kappa shape index (κ1) is 9.71. The number of rotatable bonds is 5. The van der Waals surface area contributed by atoms with Gasteiger partial charge in [0.15, 0.2) is 0 Å². The lowest BCUT2D eigenvalue weighted by atomic mass is 10.3.